The summed E-state index contributed by atoms with van der Waals surface area (Å²) in [5, 5.41) is 21.6. The van der Waals surface area contributed by atoms with Crippen LogP contribution in [0.15, 0.2) is 36.8 Å². The number of amides is 2. The SMILES string of the molecule is CCn1nnc(CCNC(=O)Nc2nc3ccc(-c4cncc(N)c4)cn3n2)n1. The van der Waals surface area contributed by atoms with E-state index in [9.17, 15) is 4.79 Å². The van der Waals surface area contributed by atoms with Gasteiger partial charge in [-0.25, -0.2) is 9.31 Å². The summed E-state index contributed by atoms with van der Waals surface area (Å²) < 4.78 is 1.58. The number of aryl methyl sites for hydroxylation is 1. The Morgan fingerprint density at radius 2 is 2.10 bits per heavy atom. The lowest BCUT2D eigenvalue weighted by Crippen LogP contribution is -2.31. The number of nitrogens with two attached hydrogens (primary N) is 1. The Balaban J connectivity index is 1.38. The number of nitrogen functional groups attached to an aromatic ring is 1. The lowest BCUT2D eigenvalue weighted by molar-refractivity contribution is 0.252. The number of anilines is 2. The van der Waals surface area contributed by atoms with Gasteiger partial charge in [0, 0.05) is 42.7 Å². The fourth-order valence-electron chi connectivity index (χ4n) is 2.67. The van der Waals surface area contributed by atoms with Gasteiger partial charge in [0.1, 0.15) is 0 Å². The molecule has 0 radical (unpaired) electrons. The van der Waals surface area contributed by atoms with Gasteiger partial charge >= 0.3 is 6.03 Å². The van der Waals surface area contributed by atoms with Crippen LogP contribution < -0.4 is 16.4 Å². The lowest BCUT2D eigenvalue weighted by atomic mass is 10.1. The van der Waals surface area contributed by atoms with E-state index in [1.165, 1.54) is 4.80 Å². The molecule has 0 spiro atoms. The quantitative estimate of drug-likeness (QED) is 0.433. The van der Waals surface area contributed by atoms with Gasteiger partial charge in [-0.1, -0.05) is 0 Å². The van der Waals surface area contributed by atoms with Crippen LogP contribution in [-0.2, 0) is 13.0 Å². The van der Waals surface area contributed by atoms with E-state index in [1.807, 2.05) is 19.1 Å². The van der Waals surface area contributed by atoms with Gasteiger partial charge in [0.15, 0.2) is 11.5 Å². The number of hydrogen-bond acceptors (Lipinski definition) is 8. The molecule has 0 bridgehead atoms. The van der Waals surface area contributed by atoms with Crippen LogP contribution >= 0.6 is 0 Å². The summed E-state index contributed by atoms with van der Waals surface area (Å²) >= 11 is 0. The van der Waals surface area contributed by atoms with Crippen LogP contribution in [-0.4, -0.2) is 52.4 Å². The van der Waals surface area contributed by atoms with Crippen molar-refractivity contribution in [3.8, 4) is 11.1 Å². The van der Waals surface area contributed by atoms with Crippen molar-refractivity contribution < 1.29 is 4.79 Å². The molecule has 4 aromatic heterocycles. The average Bonchev–Trinajstić information content (AvgIpc) is 3.33. The first-order valence-corrected chi connectivity index (χ1v) is 8.99. The molecule has 0 unspecified atom stereocenters. The Bertz CT molecular complexity index is 1150. The smallest absolute Gasteiger partial charge is 0.321 e. The van der Waals surface area contributed by atoms with E-state index in [4.69, 9.17) is 5.73 Å². The Labute approximate surface area is 165 Å². The van der Waals surface area contributed by atoms with E-state index in [2.05, 4.69) is 41.1 Å². The summed E-state index contributed by atoms with van der Waals surface area (Å²) in [6.45, 7) is 2.94. The van der Waals surface area contributed by atoms with Crippen LogP contribution in [0.1, 0.15) is 12.7 Å². The molecular formula is C17H19N11O. The third-order valence-corrected chi connectivity index (χ3v) is 4.06. The number of carbonyl (C=O) groups is 1. The number of fused-ring (bicyclic) bond motifs is 1. The van der Waals surface area contributed by atoms with Crippen molar-refractivity contribution in [1.82, 2.24) is 45.1 Å². The summed E-state index contributed by atoms with van der Waals surface area (Å²) in [5.74, 6) is 0.766. The zero-order valence-corrected chi connectivity index (χ0v) is 15.6. The number of tetrazole rings is 1. The standard InChI is InChI=1S/C17H19N11O/c1-2-28-24-14(23-26-28)5-6-20-17(29)22-16-21-15-4-3-11(10-27(15)25-16)12-7-13(18)9-19-8-12/h3-4,7-10H,2,5-6,18H2,1H3,(H2,20,22,25,29). The molecule has 4 heterocycles. The minimum Gasteiger partial charge on any atom is -0.397 e. The molecule has 0 fully saturated rings. The summed E-state index contributed by atoms with van der Waals surface area (Å²) in [4.78, 5) is 21.9. The summed E-state index contributed by atoms with van der Waals surface area (Å²) in [6, 6.07) is 5.10. The summed E-state index contributed by atoms with van der Waals surface area (Å²) in [5.41, 5.74) is 8.71. The van der Waals surface area contributed by atoms with Crippen molar-refractivity contribution in [2.75, 3.05) is 17.6 Å². The highest BCUT2D eigenvalue weighted by Gasteiger charge is 2.10. The van der Waals surface area contributed by atoms with Crippen LogP contribution in [0.4, 0.5) is 16.4 Å². The number of hydrogen-bond donors (Lipinski definition) is 3. The van der Waals surface area contributed by atoms with Crippen molar-refractivity contribution in [2.45, 2.75) is 19.9 Å². The molecular weight excluding hydrogens is 374 g/mol. The molecule has 2 amide bonds. The van der Waals surface area contributed by atoms with E-state index in [0.717, 1.165) is 11.1 Å². The first-order valence-electron chi connectivity index (χ1n) is 8.99. The van der Waals surface area contributed by atoms with E-state index in [-0.39, 0.29) is 5.95 Å². The molecule has 29 heavy (non-hydrogen) atoms. The average molecular weight is 393 g/mol. The second-order valence-electron chi connectivity index (χ2n) is 6.19. The number of urea groups is 1. The van der Waals surface area contributed by atoms with Crippen LogP contribution in [0.25, 0.3) is 16.8 Å². The molecule has 0 aliphatic heterocycles. The predicted octanol–water partition coefficient (Wildman–Crippen LogP) is 0.744. The predicted molar refractivity (Wildman–Crippen MR) is 105 cm³/mol. The zero-order chi connectivity index (χ0) is 20.2. The normalized spacial score (nSPS) is 10.9. The van der Waals surface area contributed by atoms with E-state index < -0.39 is 6.03 Å². The highest BCUT2D eigenvalue weighted by Crippen LogP contribution is 2.21. The molecule has 0 aromatic carbocycles. The number of nitrogens with one attached hydrogen (secondary N) is 2. The molecule has 4 N–H and O–H groups in total. The molecule has 12 nitrogen and oxygen atoms in total. The van der Waals surface area contributed by atoms with Crippen LogP contribution in [0, 0.1) is 0 Å². The van der Waals surface area contributed by atoms with Gasteiger partial charge in [-0.05, 0) is 30.3 Å². The van der Waals surface area contributed by atoms with Gasteiger partial charge in [0.2, 0.25) is 0 Å². The fourth-order valence-corrected chi connectivity index (χ4v) is 2.67. The van der Waals surface area contributed by atoms with Crippen LogP contribution in [0.5, 0.6) is 0 Å². The van der Waals surface area contributed by atoms with Gasteiger partial charge in [-0.2, -0.15) is 9.78 Å². The summed E-state index contributed by atoms with van der Waals surface area (Å²) in [7, 11) is 0. The Morgan fingerprint density at radius 1 is 1.21 bits per heavy atom. The first-order chi connectivity index (χ1) is 14.1. The number of aromatic nitrogens is 8. The van der Waals surface area contributed by atoms with Gasteiger partial charge in [-0.3, -0.25) is 10.3 Å². The molecule has 0 atom stereocenters. The van der Waals surface area contributed by atoms with Crippen molar-refractivity contribution in [3.05, 3.63) is 42.6 Å². The topological polar surface area (TPSA) is 154 Å². The Kier molecular flexibility index (Phi) is 4.97. The number of nitrogens with zero attached hydrogens (tertiary/aromatic N) is 8. The Hall–Kier alpha value is -4.09. The highest BCUT2D eigenvalue weighted by molar-refractivity contribution is 5.87. The monoisotopic (exact) mass is 393 g/mol. The molecule has 12 heteroatoms. The largest absolute Gasteiger partial charge is 0.397 e. The first kappa shape index (κ1) is 18.3. The van der Waals surface area contributed by atoms with Crippen molar-refractivity contribution in [1.29, 1.82) is 0 Å². The summed E-state index contributed by atoms with van der Waals surface area (Å²) in [6.07, 6.45) is 5.57. The minimum atomic E-state index is -0.413. The van der Waals surface area contributed by atoms with Crippen LogP contribution in [0.2, 0.25) is 0 Å². The minimum absolute atomic E-state index is 0.195. The van der Waals surface area contributed by atoms with Crippen molar-refractivity contribution >= 4 is 23.3 Å². The van der Waals surface area contributed by atoms with Crippen molar-refractivity contribution in [2.24, 2.45) is 0 Å². The van der Waals surface area contributed by atoms with E-state index in [0.29, 0.717) is 36.7 Å². The maximum atomic E-state index is 12.1. The lowest BCUT2D eigenvalue weighted by Gasteiger charge is -2.02. The maximum absolute atomic E-state index is 12.1. The molecule has 0 aliphatic carbocycles. The molecule has 148 valence electrons. The third kappa shape index (κ3) is 4.26. The second-order valence-corrected chi connectivity index (χ2v) is 6.19. The van der Waals surface area contributed by atoms with Crippen LogP contribution in [0.3, 0.4) is 0 Å². The molecule has 0 saturated heterocycles. The van der Waals surface area contributed by atoms with Gasteiger partial charge in [-0.15, -0.1) is 15.3 Å². The molecule has 0 saturated carbocycles. The van der Waals surface area contributed by atoms with Crippen molar-refractivity contribution in [3.63, 3.8) is 0 Å². The second kappa shape index (κ2) is 7.88. The zero-order valence-electron chi connectivity index (χ0n) is 15.6. The molecule has 0 aliphatic rings. The van der Waals surface area contributed by atoms with Gasteiger partial charge in [0.25, 0.3) is 5.95 Å². The number of pyridine rings is 2. The van der Waals surface area contributed by atoms with Gasteiger partial charge in [0.05, 0.1) is 12.2 Å². The molecule has 4 aromatic rings. The van der Waals surface area contributed by atoms with E-state index in [1.54, 1.807) is 29.2 Å². The van der Waals surface area contributed by atoms with Gasteiger partial charge < -0.3 is 11.1 Å². The third-order valence-electron chi connectivity index (χ3n) is 4.06. The van der Waals surface area contributed by atoms with E-state index >= 15 is 0 Å². The Morgan fingerprint density at radius 3 is 2.90 bits per heavy atom. The fraction of sp³-hybridized carbons (Fsp3) is 0.235. The maximum Gasteiger partial charge on any atom is 0.321 e. The number of carbonyl (C=O) groups excluding carboxylic acids is 1. The highest BCUT2D eigenvalue weighted by atomic mass is 16.2. The number of rotatable bonds is 6. The molecule has 4 rings (SSSR count).